The molecule has 3 rings (SSSR count). The molecule has 2 aromatic carbocycles. The highest BCUT2D eigenvalue weighted by Gasteiger charge is 2.19. The van der Waals surface area contributed by atoms with Crippen molar-refractivity contribution >= 4 is 34.4 Å². The van der Waals surface area contributed by atoms with Crippen molar-refractivity contribution < 1.29 is 4.79 Å². The Kier molecular flexibility index (Phi) is 6.29. The molecule has 0 aliphatic rings. The summed E-state index contributed by atoms with van der Waals surface area (Å²) in [5, 5.41) is 7.63. The summed E-state index contributed by atoms with van der Waals surface area (Å²) in [4.78, 5) is 21.8. The SMILES string of the molecule is CCNc1nc(S[C@H](C)C(=O)N[C@H](C)c2ccccc2)nc2ccccc12. The van der Waals surface area contributed by atoms with Gasteiger partial charge >= 0.3 is 0 Å². The van der Waals surface area contributed by atoms with Gasteiger partial charge in [0.1, 0.15) is 5.82 Å². The van der Waals surface area contributed by atoms with Crippen molar-refractivity contribution in [1.29, 1.82) is 0 Å². The maximum atomic E-state index is 12.6. The van der Waals surface area contributed by atoms with E-state index in [0.717, 1.165) is 28.8 Å². The number of fused-ring (bicyclic) bond motifs is 1. The first kappa shape index (κ1) is 19.2. The van der Waals surface area contributed by atoms with Crippen LogP contribution in [0.2, 0.25) is 0 Å². The van der Waals surface area contributed by atoms with E-state index in [1.54, 1.807) is 0 Å². The molecule has 0 fully saturated rings. The molecule has 5 nitrogen and oxygen atoms in total. The Morgan fingerprint density at radius 3 is 2.48 bits per heavy atom. The third-order valence-corrected chi connectivity index (χ3v) is 5.20. The lowest BCUT2D eigenvalue weighted by atomic mass is 10.1. The maximum absolute atomic E-state index is 12.6. The number of benzene rings is 2. The van der Waals surface area contributed by atoms with Gasteiger partial charge in [0.25, 0.3) is 0 Å². The number of hydrogen-bond acceptors (Lipinski definition) is 5. The molecule has 0 bridgehead atoms. The van der Waals surface area contributed by atoms with Crippen LogP contribution in [-0.2, 0) is 4.79 Å². The van der Waals surface area contributed by atoms with Crippen LogP contribution in [0, 0.1) is 0 Å². The predicted molar refractivity (Wildman–Crippen MR) is 112 cm³/mol. The quantitative estimate of drug-likeness (QED) is 0.469. The molecular formula is C21H24N4OS. The van der Waals surface area contributed by atoms with Crippen molar-refractivity contribution in [3.05, 3.63) is 60.2 Å². The largest absolute Gasteiger partial charge is 0.370 e. The first-order chi connectivity index (χ1) is 13.1. The number of para-hydroxylation sites is 1. The highest BCUT2D eigenvalue weighted by molar-refractivity contribution is 8.00. The molecule has 1 amide bonds. The van der Waals surface area contributed by atoms with Crippen LogP contribution >= 0.6 is 11.8 Å². The zero-order valence-electron chi connectivity index (χ0n) is 15.8. The topological polar surface area (TPSA) is 66.9 Å². The summed E-state index contributed by atoms with van der Waals surface area (Å²) in [6.45, 7) is 6.67. The molecule has 0 radical (unpaired) electrons. The first-order valence-corrected chi connectivity index (χ1v) is 9.99. The summed E-state index contributed by atoms with van der Waals surface area (Å²) in [6, 6.07) is 17.8. The minimum Gasteiger partial charge on any atom is -0.370 e. The summed E-state index contributed by atoms with van der Waals surface area (Å²) in [5.74, 6) is 0.772. The summed E-state index contributed by atoms with van der Waals surface area (Å²) in [6.07, 6.45) is 0. The monoisotopic (exact) mass is 380 g/mol. The molecule has 6 heteroatoms. The maximum Gasteiger partial charge on any atom is 0.233 e. The lowest BCUT2D eigenvalue weighted by Gasteiger charge is -2.17. The molecule has 0 unspecified atom stereocenters. The van der Waals surface area contributed by atoms with E-state index in [1.807, 2.05) is 75.4 Å². The van der Waals surface area contributed by atoms with Gasteiger partial charge in [0.05, 0.1) is 16.8 Å². The Morgan fingerprint density at radius 2 is 1.74 bits per heavy atom. The number of anilines is 1. The molecule has 2 N–H and O–H groups in total. The zero-order chi connectivity index (χ0) is 19.2. The van der Waals surface area contributed by atoms with Crippen molar-refractivity contribution in [2.45, 2.75) is 37.2 Å². The fourth-order valence-electron chi connectivity index (χ4n) is 2.78. The number of nitrogens with zero attached hydrogens (tertiary/aromatic N) is 2. The zero-order valence-corrected chi connectivity index (χ0v) is 16.6. The van der Waals surface area contributed by atoms with Crippen molar-refractivity contribution in [1.82, 2.24) is 15.3 Å². The number of aromatic nitrogens is 2. The molecule has 140 valence electrons. The Balaban J connectivity index is 1.73. The average Bonchev–Trinajstić information content (AvgIpc) is 2.68. The van der Waals surface area contributed by atoms with Crippen LogP contribution in [0.15, 0.2) is 59.8 Å². The van der Waals surface area contributed by atoms with Crippen LogP contribution < -0.4 is 10.6 Å². The summed E-state index contributed by atoms with van der Waals surface area (Å²) >= 11 is 1.37. The van der Waals surface area contributed by atoms with Crippen molar-refractivity contribution in [2.75, 3.05) is 11.9 Å². The minimum absolute atomic E-state index is 0.0295. The van der Waals surface area contributed by atoms with Gasteiger partial charge in [-0.25, -0.2) is 9.97 Å². The van der Waals surface area contributed by atoms with E-state index in [-0.39, 0.29) is 17.2 Å². The van der Waals surface area contributed by atoms with Crippen LogP contribution in [0.1, 0.15) is 32.4 Å². The highest BCUT2D eigenvalue weighted by atomic mass is 32.2. The van der Waals surface area contributed by atoms with Gasteiger partial charge in [-0.05, 0) is 38.5 Å². The molecule has 2 atom stereocenters. The number of amides is 1. The molecule has 0 aliphatic heterocycles. The van der Waals surface area contributed by atoms with Crippen molar-refractivity contribution in [2.24, 2.45) is 0 Å². The van der Waals surface area contributed by atoms with Crippen molar-refractivity contribution in [3.8, 4) is 0 Å². The standard InChI is InChI=1S/C21H24N4OS/c1-4-22-19-17-12-8-9-13-18(17)24-21(25-19)27-15(3)20(26)23-14(2)16-10-6-5-7-11-16/h5-15H,4H2,1-3H3,(H,23,26)(H,22,24,25)/t14-,15-/m1/s1. The van der Waals surface area contributed by atoms with Crippen molar-refractivity contribution in [3.63, 3.8) is 0 Å². The summed E-state index contributed by atoms with van der Waals surface area (Å²) in [5.41, 5.74) is 1.95. The van der Waals surface area contributed by atoms with E-state index in [0.29, 0.717) is 5.16 Å². The molecule has 27 heavy (non-hydrogen) atoms. The molecule has 3 aromatic rings. The average molecular weight is 381 g/mol. The Labute approximate surface area is 164 Å². The van der Waals surface area contributed by atoms with E-state index in [2.05, 4.69) is 20.6 Å². The van der Waals surface area contributed by atoms with E-state index < -0.39 is 0 Å². The number of thioether (sulfide) groups is 1. The molecular weight excluding hydrogens is 356 g/mol. The highest BCUT2D eigenvalue weighted by Crippen LogP contribution is 2.27. The number of carbonyl (C=O) groups excluding carboxylic acids is 1. The third kappa shape index (κ3) is 4.77. The van der Waals surface area contributed by atoms with Gasteiger partial charge in [-0.3, -0.25) is 4.79 Å². The molecule has 1 heterocycles. The van der Waals surface area contributed by atoms with Gasteiger partial charge in [0, 0.05) is 11.9 Å². The summed E-state index contributed by atoms with van der Waals surface area (Å²) in [7, 11) is 0. The normalized spacial score (nSPS) is 13.1. The number of nitrogens with one attached hydrogen (secondary N) is 2. The number of rotatable bonds is 7. The third-order valence-electron chi connectivity index (χ3n) is 4.24. The lowest BCUT2D eigenvalue weighted by Crippen LogP contribution is -2.33. The smallest absolute Gasteiger partial charge is 0.233 e. The van der Waals surface area contributed by atoms with Crippen LogP contribution in [0.25, 0.3) is 10.9 Å². The Hall–Kier alpha value is -2.60. The fraction of sp³-hybridized carbons (Fsp3) is 0.286. The van der Waals surface area contributed by atoms with Gasteiger partial charge < -0.3 is 10.6 Å². The number of hydrogen-bond donors (Lipinski definition) is 2. The predicted octanol–water partition coefficient (Wildman–Crippen LogP) is 4.42. The van der Waals surface area contributed by atoms with Gasteiger partial charge in [-0.2, -0.15) is 0 Å². The van der Waals surface area contributed by atoms with E-state index >= 15 is 0 Å². The second kappa shape index (κ2) is 8.86. The minimum atomic E-state index is -0.299. The van der Waals surface area contributed by atoms with Gasteiger partial charge in [-0.15, -0.1) is 0 Å². The lowest BCUT2D eigenvalue weighted by molar-refractivity contribution is -0.120. The fourth-order valence-corrected chi connectivity index (χ4v) is 3.56. The Morgan fingerprint density at radius 1 is 1.04 bits per heavy atom. The summed E-state index contributed by atoms with van der Waals surface area (Å²) < 4.78 is 0. The number of carbonyl (C=O) groups is 1. The first-order valence-electron chi connectivity index (χ1n) is 9.11. The van der Waals surface area contributed by atoms with Crippen LogP contribution in [-0.4, -0.2) is 27.7 Å². The van der Waals surface area contributed by atoms with E-state index in [9.17, 15) is 4.79 Å². The van der Waals surface area contributed by atoms with Gasteiger partial charge in [0.15, 0.2) is 5.16 Å². The van der Waals surface area contributed by atoms with Gasteiger partial charge in [-0.1, -0.05) is 54.2 Å². The van der Waals surface area contributed by atoms with Crippen LogP contribution in [0.5, 0.6) is 0 Å². The molecule has 0 aliphatic carbocycles. The Bertz CT molecular complexity index is 916. The van der Waals surface area contributed by atoms with E-state index in [1.165, 1.54) is 11.8 Å². The second-order valence-corrected chi connectivity index (χ2v) is 7.61. The second-order valence-electron chi connectivity index (χ2n) is 6.30. The molecule has 0 saturated carbocycles. The van der Waals surface area contributed by atoms with Crippen LogP contribution in [0.3, 0.4) is 0 Å². The molecule has 1 aromatic heterocycles. The van der Waals surface area contributed by atoms with Gasteiger partial charge in [0.2, 0.25) is 5.91 Å². The molecule has 0 saturated heterocycles. The van der Waals surface area contributed by atoms with E-state index in [4.69, 9.17) is 0 Å². The molecule has 0 spiro atoms. The van der Waals surface area contributed by atoms with Crippen LogP contribution in [0.4, 0.5) is 5.82 Å².